The van der Waals surface area contributed by atoms with Crippen molar-refractivity contribution in [3.05, 3.63) is 70.4 Å². The van der Waals surface area contributed by atoms with Crippen molar-refractivity contribution in [2.75, 3.05) is 13.1 Å². The maximum Gasteiger partial charge on any atom is 0.260 e. The van der Waals surface area contributed by atoms with Crippen LogP contribution < -0.4 is 5.56 Å². The van der Waals surface area contributed by atoms with Gasteiger partial charge in [-0.05, 0) is 36.3 Å². The lowest BCUT2D eigenvalue weighted by molar-refractivity contribution is 0.0771. The number of aromatic nitrogens is 3. The second-order valence-electron chi connectivity index (χ2n) is 5.75. The van der Waals surface area contributed by atoms with Crippen molar-refractivity contribution in [3.63, 3.8) is 0 Å². The van der Waals surface area contributed by atoms with E-state index in [4.69, 9.17) is 0 Å². The van der Waals surface area contributed by atoms with Gasteiger partial charge in [0.15, 0.2) is 0 Å². The molecular weight excluding hydrogens is 304 g/mol. The number of carbonyl (C=O) groups is 1. The van der Waals surface area contributed by atoms with Crippen molar-refractivity contribution >= 4 is 22.5 Å². The van der Waals surface area contributed by atoms with Gasteiger partial charge in [0.05, 0.1) is 0 Å². The fraction of sp³-hybridized carbons (Fsp3) is 0.167. The number of nitrogens with one attached hydrogen (secondary N) is 2. The molecule has 3 aromatic heterocycles. The van der Waals surface area contributed by atoms with Crippen LogP contribution in [0, 0.1) is 0 Å². The van der Waals surface area contributed by atoms with Gasteiger partial charge in [-0.3, -0.25) is 9.59 Å². The molecule has 6 heteroatoms. The number of aromatic amines is 2. The quantitative estimate of drug-likeness (QED) is 0.759. The van der Waals surface area contributed by atoms with E-state index in [2.05, 4.69) is 15.0 Å². The van der Waals surface area contributed by atoms with Gasteiger partial charge in [-0.2, -0.15) is 0 Å². The topological polar surface area (TPSA) is 81.9 Å². The van der Waals surface area contributed by atoms with Crippen molar-refractivity contribution < 1.29 is 4.79 Å². The highest BCUT2D eigenvalue weighted by Crippen LogP contribution is 2.28. The van der Waals surface area contributed by atoms with E-state index in [0.29, 0.717) is 13.1 Å². The van der Waals surface area contributed by atoms with Crippen LogP contribution in [0.3, 0.4) is 0 Å². The minimum absolute atomic E-state index is 0.186. The molecule has 1 aliphatic heterocycles. The van der Waals surface area contributed by atoms with E-state index < -0.39 is 0 Å². The van der Waals surface area contributed by atoms with Gasteiger partial charge in [-0.1, -0.05) is 6.08 Å². The van der Waals surface area contributed by atoms with Crippen LogP contribution in [0.25, 0.3) is 16.6 Å². The van der Waals surface area contributed by atoms with Crippen LogP contribution in [0.5, 0.6) is 0 Å². The van der Waals surface area contributed by atoms with E-state index in [9.17, 15) is 9.59 Å². The number of fused-ring (bicyclic) bond motifs is 1. The SMILES string of the molecule is O=C(c1ccc[nH]c1=O)N1CC=C(c2c[nH]c3ncccc23)CC1. The molecule has 6 nitrogen and oxygen atoms in total. The summed E-state index contributed by atoms with van der Waals surface area (Å²) in [7, 11) is 0. The minimum Gasteiger partial charge on any atom is -0.346 e. The normalized spacial score (nSPS) is 14.7. The number of rotatable bonds is 2. The summed E-state index contributed by atoms with van der Waals surface area (Å²) in [5, 5.41) is 1.09. The zero-order chi connectivity index (χ0) is 16.5. The zero-order valence-electron chi connectivity index (χ0n) is 13.0. The summed E-state index contributed by atoms with van der Waals surface area (Å²) in [4.78, 5) is 36.0. The summed E-state index contributed by atoms with van der Waals surface area (Å²) in [5.74, 6) is -0.229. The number of pyridine rings is 2. The molecule has 2 N–H and O–H groups in total. The summed E-state index contributed by atoms with van der Waals surface area (Å²) in [6, 6.07) is 7.18. The first kappa shape index (κ1) is 14.4. The fourth-order valence-electron chi connectivity index (χ4n) is 3.08. The lowest BCUT2D eigenvalue weighted by Gasteiger charge is -2.26. The lowest BCUT2D eigenvalue weighted by Crippen LogP contribution is -2.37. The van der Waals surface area contributed by atoms with Crippen LogP contribution in [0.1, 0.15) is 22.3 Å². The molecule has 4 heterocycles. The summed E-state index contributed by atoms with van der Waals surface area (Å²) >= 11 is 0. The van der Waals surface area contributed by atoms with Crippen molar-refractivity contribution in [1.29, 1.82) is 0 Å². The zero-order valence-corrected chi connectivity index (χ0v) is 13.0. The van der Waals surface area contributed by atoms with Crippen molar-refractivity contribution in [2.45, 2.75) is 6.42 Å². The molecule has 3 aromatic rings. The molecule has 24 heavy (non-hydrogen) atoms. The summed E-state index contributed by atoms with van der Waals surface area (Å²) in [5.41, 5.74) is 3.02. The Bertz CT molecular complexity index is 999. The van der Waals surface area contributed by atoms with Gasteiger partial charge in [0.25, 0.3) is 11.5 Å². The summed E-state index contributed by atoms with van der Waals surface area (Å²) in [6.45, 7) is 1.08. The Kier molecular flexibility index (Phi) is 3.49. The van der Waals surface area contributed by atoms with Crippen LogP contribution in [-0.2, 0) is 0 Å². The average Bonchev–Trinajstić information content (AvgIpc) is 3.06. The van der Waals surface area contributed by atoms with Gasteiger partial charge in [0, 0.05) is 42.6 Å². The Morgan fingerprint density at radius 1 is 1.21 bits per heavy atom. The third-order valence-corrected chi connectivity index (χ3v) is 4.34. The van der Waals surface area contributed by atoms with E-state index in [1.54, 1.807) is 23.2 Å². The van der Waals surface area contributed by atoms with Crippen LogP contribution >= 0.6 is 0 Å². The van der Waals surface area contributed by atoms with Crippen molar-refractivity contribution in [2.24, 2.45) is 0 Å². The molecular formula is C18H16N4O2. The van der Waals surface area contributed by atoms with Crippen molar-refractivity contribution in [3.8, 4) is 0 Å². The highest BCUT2D eigenvalue weighted by atomic mass is 16.2. The van der Waals surface area contributed by atoms with Gasteiger partial charge in [0.1, 0.15) is 11.2 Å². The van der Waals surface area contributed by atoms with Gasteiger partial charge in [0.2, 0.25) is 0 Å². The Hall–Kier alpha value is -3.15. The first-order chi connectivity index (χ1) is 11.7. The van der Waals surface area contributed by atoms with Crippen molar-refractivity contribution in [1.82, 2.24) is 19.9 Å². The number of hydrogen-bond acceptors (Lipinski definition) is 3. The number of hydrogen-bond donors (Lipinski definition) is 2. The monoisotopic (exact) mass is 320 g/mol. The van der Waals surface area contributed by atoms with Crippen LogP contribution in [-0.4, -0.2) is 38.8 Å². The molecule has 1 aliphatic rings. The Morgan fingerprint density at radius 2 is 2.12 bits per heavy atom. The molecule has 4 rings (SSSR count). The fourth-order valence-corrected chi connectivity index (χ4v) is 3.08. The Morgan fingerprint density at radius 3 is 2.92 bits per heavy atom. The minimum atomic E-state index is -0.347. The number of amides is 1. The van der Waals surface area contributed by atoms with E-state index in [-0.39, 0.29) is 17.0 Å². The largest absolute Gasteiger partial charge is 0.346 e. The lowest BCUT2D eigenvalue weighted by atomic mass is 9.99. The molecule has 0 saturated carbocycles. The van der Waals surface area contributed by atoms with Crippen LogP contribution in [0.4, 0.5) is 0 Å². The highest BCUT2D eigenvalue weighted by Gasteiger charge is 2.22. The number of H-pyrrole nitrogens is 2. The van der Waals surface area contributed by atoms with E-state index in [0.717, 1.165) is 23.0 Å². The molecule has 120 valence electrons. The molecule has 0 aliphatic carbocycles. The molecule has 0 aromatic carbocycles. The number of nitrogens with zero attached hydrogens (tertiary/aromatic N) is 2. The van der Waals surface area contributed by atoms with E-state index in [1.165, 1.54) is 11.8 Å². The first-order valence-electron chi connectivity index (χ1n) is 7.82. The maximum absolute atomic E-state index is 12.5. The smallest absolute Gasteiger partial charge is 0.260 e. The molecule has 0 atom stereocenters. The standard InChI is InChI=1S/C18H16N4O2/c23-17-14(4-2-8-20-17)18(24)22-9-5-12(6-10-22)15-11-21-16-13(15)3-1-7-19-16/h1-5,7-8,11H,6,9-10H2,(H,19,21)(H,20,23). The predicted octanol–water partition coefficient (Wildman–Crippen LogP) is 2.18. The molecule has 0 radical (unpaired) electrons. The molecule has 0 fully saturated rings. The highest BCUT2D eigenvalue weighted by molar-refractivity contribution is 5.95. The molecule has 0 unspecified atom stereocenters. The van der Waals surface area contributed by atoms with Gasteiger partial charge in [-0.15, -0.1) is 0 Å². The molecule has 0 saturated heterocycles. The second kappa shape index (κ2) is 5.81. The molecule has 1 amide bonds. The predicted molar refractivity (Wildman–Crippen MR) is 91.7 cm³/mol. The third-order valence-electron chi connectivity index (χ3n) is 4.34. The average molecular weight is 320 g/mol. The van der Waals surface area contributed by atoms with E-state index in [1.807, 2.05) is 24.4 Å². The van der Waals surface area contributed by atoms with Gasteiger partial charge in [-0.25, -0.2) is 4.98 Å². The summed E-state index contributed by atoms with van der Waals surface area (Å²) < 4.78 is 0. The van der Waals surface area contributed by atoms with Gasteiger partial charge < -0.3 is 14.9 Å². The second-order valence-corrected chi connectivity index (χ2v) is 5.75. The first-order valence-corrected chi connectivity index (χ1v) is 7.82. The third kappa shape index (κ3) is 2.42. The Labute approximate surface area is 137 Å². The summed E-state index contributed by atoms with van der Waals surface area (Å²) in [6.07, 6.45) is 8.05. The molecule has 0 bridgehead atoms. The van der Waals surface area contributed by atoms with Crippen LogP contribution in [0.2, 0.25) is 0 Å². The van der Waals surface area contributed by atoms with E-state index >= 15 is 0 Å². The van der Waals surface area contributed by atoms with Crippen LogP contribution in [0.15, 0.2) is 53.7 Å². The Balaban J connectivity index is 1.58. The molecule has 0 spiro atoms. The van der Waals surface area contributed by atoms with Gasteiger partial charge >= 0.3 is 0 Å². The maximum atomic E-state index is 12.5. The number of carbonyl (C=O) groups excluding carboxylic acids is 1.